The first-order valence-electron chi connectivity index (χ1n) is 5.63. The number of ether oxygens (including phenoxy) is 1. The third kappa shape index (κ3) is 2.52. The van der Waals surface area contributed by atoms with Gasteiger partial charge in [0.15, 0.2) is 0 Å². The maximum atomic E-state index is 5.33. The molecule has 0 aliphatic rings. The number of fused-ring (bicyclic) bond motifs is 1. The van der Waals surface area contributed by atoms with Crippen LogP contribution >= 0.6 is 15.9 Å². The predicted molar refractivity (Wildman–Crippen MR) is 74.8 cm³/mol. The maximum absolute atomic E-state index is 5.33. The van der Waals surface area contributed by atoms with Gasteiger partial charge in [-0.25, -0.2) is 4.98 Å². The topological polar surface area (TPSA) is 34.1 Å². The van der Waals surface area contributed by atoms with Crippen LogP contribution in [0.2, 0.25) is 0 Å². The van der Waals surface area contributed by atoms with Gasteiger partial charge in [-0.1, -0.05) is 22.9 Å². The van der Waals surface area contributed by atoms with Crippen molar-refractivity contribution in [1.29, 1.82) is 0 Å². The van der Waals surface area contributed by atoms with Gasteiger partial charge in [0.2, 0.25) is 0 Å². The largest absolute Gasteiger partial charge is 0.494 e. The highest BCUT2D eigenvalue weighted by atomic mass is 79.9. The van der Waals surface area contributed by atoms with Gasteiger partial charge in [0.25, 0.3) is 0 Å². The number of hydrogen-bond donors (Lipinski definition) is 1. The number of anilines is 1. The van der Waals surface area contributed by atoms with Crippen LogP contribution in [0.5, 0.6) is 5.75 Å². The molecule has 0 amide bonds. The number of methoxy groups -OCH3 is 1. The second kappa shape index (κ2) is 5.36. The lowest BCUT2D eigenvalue weighted by atomic mass is 10.2. The van der Waals surface area contributed by atoms with Crippen molar-refractivity contribution in [3.05, 3.63) is 28.7 Å². The average Bonchev–Trinajstić information content (AvgIpc) is 2.37. The van der Waals surface area contributed by atoms with E-state index in [9.17, 15) is 0 Å². The fraction of sp³-hybridized carbons (Fsp3) is 0.308. The van der Waals surface area contributed by atoms with Crippen molar-refractivity contribution >= 4 is 32.7 Å². The summed E-state index contributed by atoms with van der Waals surface area (Å²) in [5.41, 5.74) is 0.878. The lowest BCUT2D eigenvalue weighted by Crippen LogP contribution is -2.02. The smallest absolute Gasteiger partial charge is 0.145 e. The monoisotopic (exact) mass is 294 g/mol. The molecule has 90 valence electrons. The summed E-state index contributed by atoms with van der Waals surface area (Å²) in [6.45, 7) is 3.06. The third-order valence-electron chi connectivity index (χ3n) is 2.54. The number of nitrogens with one attached hydrogen (secondary N) is 1. The van der Waals surface area contributed by atoms with Gasteiger partial charge < -0.3 is 10.1 Å². The first-order chi connectivity index (χ1) is 8.26. The lowest BCUT2D eigenvalue weighted by Gasteiger charge is -2.09. The van der Waals surface area contributed by atoms with E-state index in [4.69, 9.17) is 4.74 Å². The molecular weight excluding hydrogens is 280 g/mol. The van der Waals surface area contributed by atoms with E-state index in [0.29, 0.717) is 0 Å². The van der Waals surface area contributed by atoms with Crippen LogP contribution in [0.3, 0.4) is 0 Å². The summed E-state index contributed by atoms with van der Waals surface area (Å²) in [5.74, 6) is 1.68. The van der Waals surface area contributed by atoms with Gasteiger partial charge in [0.1, 0.15) is 17.1 Å². The molecule has 17 heavy (non-hydrogen) atoms. The number of nitrogens with zero attached hydrogens (tertiary/aromatic N) is 1. The summed E-state index contributed by atoms with van der Waals surface area (Å²) in [4.78, 5) is 4.58. The average molecular weight is 295 g/mol. The highest BCUT2D eigenvalue weighted by Gasteiger charge is 2.07. The molecular formula is C13H15BrN2O. The first kappa shape index (κ1) is 12.2. The van der Waals surface area contributed by atoms with Crippen molar-refractivity contribution in [2.24, 2.45) is 0 Å². The zero-order valence-electron chi connectivity index (χ0n) is 9.96. The molecule has 2 rings (SSSR count). The van der Waals surface area contributed by atoms with E-state index in [2.05, 4.69) is 33.2 Å². The molecule has 0 radical (unpaired) electrons. The number of rotatable bonds is 4. The van der Waals surface area contributed by atoms with Crippen LogP contribution in [0.15, 0.2) is 28.7 Å². The van der Waals surface area contributed by atoms with Crippen LogP contribution in [0.25, 0.3) is 10.9 Å². The second-order valence-corrected chi connectivity index (χ2v) is 4.62. The van der Waals surface area contributed by atoms with Gasteiger partial charge in [-0.2, -0.15) is 0 Å². The minimum absolute atomic E-state index is 0.795. The Hall–Kier alpha value is -1.29. The van der Waals surface area contributed by atoms with E-state index in [-0.39, 0.29) is 0 Å². The lowest BCUT2D eigenvalue weighted by molar-refractivity contribution is 0.419. The predicted octanol–water partition coefficient (Wildman–Crippen LogP) is 3.83. The fourth-order valence-electron chi connectivity index (χ4n) is 1.67. The Morgan fingerprint density at radius 1 is 1.29 bits per heavy atom. The van der Waals surface area contributed by atoms with Crippen LogP contribution in [0, 0.1) is 0 Å². The fourth-order valence-corrected chi connectivity index (χ4v) is 2.13. The van der Waals surface area contributed by atoms with Gasteiger partial charge in [0, 0.05) is 16.4 Å². The van der Waals surface area contributed by atoms with E-state index < -0.39 is 0 Å². The van der Waals surface area contributed by atoms with Crippen molar-refractivity contribution in [2.75, 3.05) is 19.0 Å². The van der Waals surface area contributed by atoms with Gasteiger partial charge in [-0.15, -0.1) is 0 Å². The second-order valence-electron chi connectivity index (χ2n) is 3.77. The Balaban J connectivity index is 2.50. The molecule has 0 spiro atoms. The van der Waals surface area contributed by atoms with Gasteiger partial charge in [-0.3, -0.25) is 0 Å². The Labute approximate surface area is 109 Å². The first-order valence-corrected chi connectivity index (χ1v) is 6.42. The molecule has 0 atom stereocenters. The number of pyridine rings is 1. The van der Waals surface area contributed by atoms with Gasteiger partial charge in [0.05, 0.1) is 7.11 Å². The standard InChI is InChI=1S/C13H15BrN2O/c1-3-8-15-12-7-4-9-10(14)5-6-11(17-2)13(9)16-12/h4-7H,3,8H2,1-2H3,(H,15,16). The Bertz CT molecular complexity index is 528. The minimum Gasteiger partial charge on any atom is -0.494 e. The quantitative estimate of drug-likeness (QED) is 0.931. The molecule has 1 heterocycles. The molecule has 0 unspecified atom stereocenters. The summed E-state index contributed by atoms with van der Waals surface area (Å²) >= 11 is 3.52. The van der Waals surface area contributed by atoms with E-state index in [1.807, 2.05) is 24.3 Å². The van der Waals surface area contributed by atoms with E-state index >= 15 is 0 Å². The van der Waals surface area contributed by atoms with Crippen LogP contribution in [0.4, 0.5) is 5.82 Å². The zero-order chi connectivity index (χ0) is 12.3. The molecule has 1 N–H and O–H groups in total. The van der Waals surface area contributed by atoms with Crippen molar-refractivity contribution in [3.8, 4) is 5.75 Å². The van der Waals surface area contributed by atoms with Gasteiger partial charge in [-0.05, 0) is 30.7 Å². The van der Waals surface area contributed by atoms with E-state index in [1.54, 1.807) is 7.11 Å². The van der Waals surface area contributed by atoms with E-state index in [0.717, 1.165) is 39.9 Å². The molecule has 0 fully saturated rings. The molecule has 3 nitrogen and oxygen atoms in total. The minimum atomic E-state index is 0.795. The molecule has 4 heteroatoms. The molecule has 2 aromatic rings. The zero-order valence-corrected chi connectivity index (χ0v) is 11.5. The molecule has 0 aliphatic carbocycles. The van der Waals surface area contributed by atoms with Crippen LogP contribution in [-0.2, 0) is 0 Å². The Morgan fingerprint density at radius 3 is 2.82 bits per heavy atom. The molecule has 0 bridgehead atoms. The Kier molecular flexibility index (Phi) is 3.84. The van der Waals surface area contributed by atoms with E-state index in [1.165, 1.54) is 0 Å². The van der Waals surface area contributed by atoms with Crippen LogP contribution < -0.4 is 10.1 Å². The molecule has 1 aromatic heterocycles. The summed E-state index contributed by atoms with van der Waals surface area (Å²) < 4.78 is 6.36. The number of aromatic nitrogens is 1. The molecule has 0 saturated carbocycles. The summed E-state index contributed by atoms with van der Waals surface area (Å²) in [5, 5.41) is 4.34. The van der Waals surface area contributed by atoms with Crippen molar-refractivity contribution in [3.63, 3.8) is 0 Å². The normalized spacial score (nSPS) is 10.5. The van der Waals surface area contributed by atoms with Crippen LogP contribution in [-0.4, -0.2) is 18.6 Å². The van der Waals surface area contributed by atoms with Gasteiger partial charge >= 0.3 is 0 Å². The third-order valence-corrected chi connectivity index (χ3v) is 3.23. The summed E-state index contributed by atoms with van der Waals surface area (Å²) in [6, 6.07) is 7.93. The molecule has 0 aliphatic heterocycles. The number of benzene rings is 1. The van der Waals surface area contributed by atoms with Crippen molar-refractivity contribution in [1.82, 2.24) is 4.98 Å². The summed E-state index contributed by atoms with van der Waals surface area (Å²) in [6.07, 6.45) is 1.08. The maximum Gasteiger partial charge on any atom is 0.145 e. The summed E-state index contributed by atoms with van der Waals surface area (Å²) in [7, 11) is 1.66. The number of hydrogen-bond acceptors (Lipinski definition) is 3. The molecule has 1 aromatic carbocycles. The Morgan fingerprint density at radius 2 is 2.12 bits per heavy atom. The van der Waals surface area contributed by atoms with Crippen LogP contribution in [0.1, 0.15) is 13.3 Å². The SMILES string of the molecule is CCCNc1ccc2c(Br)ccc(OC)c2n1. The highest BCUT2D eigenvalue weighted by molar-refractivity contribution is 9.10. The molecule has 0 saturated heterocycles. The highest BCUT2D eigenvalue weighted by Crippen LogP contribution is 2.31. The van der Waals surface area contributed by atoms with Crippen molar-refractivity contribution in [2.45, 2.75) is 13.3 Å². The number of halogens is 1. The van der Waals surface area contributed by atoms with Crippen molar-refractivity contribution < 1.29 is 4.74 Å².